The summed E-state index contributed by atoms with van der Waals surface area (Å²) in [5.74, 6) is 0. The van der Waals surface area contributed by atoms with Crippen LogP contribution in [-0.2, 0) is 6.54 Å². The number of rotatable bonds is 3. The molecule has 0 bridgehead atoms. The van der Waals surface area contributed by atoms with Crippen molar-refractivity contribution in [1.29, 1.82) is 0 Å². The highest BCUT2D eigenvalue weighted by molar-refractivity contribution is 7.11. The van der Waals surface area contributed by atoms with Crippen LogP contribution in [0.1, 0.15) is 9.75 Å². The van der Waals surface area contributed by atoms with Crippen LogP contribution in [0.3, 0.4) is 0 Å². The fourth-order valence-electron chi connectivity index (χ4n) is 2.14. The van der Waals surface area contributed by atoms with Crippen molar-refractivity contribution in [3.8, 4) is 0 Å². The van der Waals surface area contributed by atoms with E-state index in [9.17, 15) is 9.59 Å². The van der Waals surface area contributed by atoms with Crippen molar-refractivity contribution in [2.75, 3.05) is 5.32 Å². The predicted octanol–water partition coefficient (Wildman–Crippen LogP) is 2.20. The molecule has 0 saturated heterocycles. The van der Waals surface area contributed by atoms with Crippen LogP contribution in [0.4, 0.5) is 5.69 Å². The van der Waals surface area contributed by atoms with E-state index in [0.717, 1.165) is 0 Å². The van der Waals surface area contributed by atoms with Crippen LogP contribution in [0, 0.1) is 6.92 Å². The minimum absolute atomic E-state index is 0.296. The number of anilines is 1. The van der Waals surface area contributed by atoms with E-state index in [1.165, 1.54) is 9.75 Å². The Kier molecular flexibility index (Phi) is 3.15. The number of aryl methyl sites for hydroxylation is 1. The number of benzene rings is 1. The summed E-state index contributed by atoms with van der Waals surface area (Å²) in [4.78, 5) is 26.0. The van der Waals surface area contributed by atoms with Gasteiger partial charge in [0.05, 0.1) is 10.8 Å². The average molecular weight is 287 g/mol. The molecule has 0 radical (unpaired) electrons. The molecule has 20 heavy (non-hydrogen) atoms. The number of thiophene rings is 1. The summed E-state index contributed by atoms with van der Waals surface area (Å²) < 4.78 is 0. The molecule has 102 valence electrons. The van der Waals surface area contributed by atoms with Crippen molar-refractivity contribution in [3.05, 3.63) is 60.8 Å². The second-order valence-corrected chi connectivity index (χ2v) is 5.87. The minimum Gasteiger partial charge on any atom is -0.379 e. The maximum Gasteiger partial charge on any atom is 0.272 e. The SMILES string of the molecule is Cc1ccc(CNc2cccc3c(=O)[nH][nH]c(=O)c23)s1. The molecular weight excluding hydrogens is 274 g/mol. The topological polar surface area (TPSA) is 77.8 Å². The molecule has 3 aromatic rings. The molecule has 1 aromatic carbocycles. The van der Waals surface area contributed by atoms with Gasteiger partial charge in [0.15, 0.2) is 0 Å². The van der Waals surface area contributed by atoms with E-state index < -0.39 is 0 Å². The zero-order chi connectivity index (χ0) is 14.1. The first-order valence-electron chi connectivity index (χ1n) is 6.18. The summed E-state index contributed by atoms with van der Waals surface area (Å²) in [5, 5.41) is 8.69. The van der Waals surface area contributed by atoms with Crippen molar-refractivity contribution < 1.29 is 0 Å². The van der Waals surface area contributed by atoms with Gasteiger partial charge in [0.2, 0.25) is 0 Å². The third-order valence-corrected chi connectivity index (χ3v) is 4.08. The van der Waals surface area contributed by atoms with E-state index in [1.807, 2.05) is 0 Å². The van der Waals surface area contributed by atoms with Gasteiger partial charge in [-0.05, 0) is 31.2 Å². The zero-order valence-electron chi connectivity index (χ0n) is 10.8. The van der Waals surface area contributed by atoms with E-state index in [0.29, 0.717) is 23.0 Å². The van der Waals surface area contributed by atoms with Crippen molar-refractivity contribution in [3.63, 3.8) is 0 Å². The van der Waals surface area contributed by atoms with Gasteiger partial charge in [-0.1, -0.05) is 6.07 Å². The van der Waals surface area contributed by atoms with E-state index in [4.69, 9.17) is 0 Å². The molecule has 2 aromatic heterocycles. The first kappa shape index (κ1) is 12.7. The average Bonchev–Trinajstić information content (AvgIpc) is 2.86. The van der Waals surface area contributed by atoms with Gasteiger partial charge < -0.3 is 5.32 Å². The van der Waals surface area contributed by atoms with Crippen LogP contribution < -0.4 is 16.4 Å². The molecular formula is C14H13N3O2S. The second-order valence-electron chi connectivity index (χ2n) is 4.50. The summed E-state index contributed by atoms with van der Waals surface area (Å²) >= 11 is 1.70. The molecule has 2 heterocycles. The fourth-order valence-corrected chi connectivity index (χ4v) is 2.97. The molecule has 0 atom stereocenters. The second kappa shape index (κ2) is 4.97. The van der Waals surface area contributed by atoms with Gasteiger partial charge in [0.25, 0.3) is 11.1 Å². The quantitative estimate of drug-likeness (QED) is 0.691. The molecule has 0 amide bonds. The maximum atomic E-state index is 11.9. The Hall–Kier alpha value is -2.34. The van der Waals surface area contributed by atoms with E-state index in [2.05, 4.69) is 34.6 Å². The van der Waals surface area contributed by atoms with Crippen LogP contribution in [0.25, 0.3) is 10.8 Å². The Morgan fingerprint density at radius 3 is 2.65 bits per heavy atom. The number of aromatic amines is 2. The van der Waals surface area contributed by atoms with Crippen LogP contribution in [-0.4, -0.2) is 10.2 Å². The normalized spacial score (nSPS) is 10.8. The van der Waals surface area contributed by atoms with Crippen molar-refractivity contribution in [1.82, 2.24) is 10.2 Å². The Labute approximate surface area is 118 Å². The Morgan fingerprint density at radius 1 is 1.10 bits per heavy atom. The highest BCUT2D eigenvalue weighted by Crippen LogP contribution is 2.20. The molecule has 0 aliphatic carbocycles. The van der Waals surface area contributed by atoms with Crippen molar-refractivity contribution >= 4 is 27.8 Å². The van der Waals surface area contributed by atoms with Crippen LogP contribution in [0.15, 0.2) is 39.9 Å². The van der Waals surface area contributed by atoms with Crippen molar-refractivity contribution in [2.24, 2.45) is 0 Å². The summed E-state index contributed by atoms with van der Waals surface area (Å²) in [7, 11) is 0. The first-order chi connectivity index (χ1) is 9.65. The molecule has 0 unspecified atom stereocenters. The summed E-state index contributed by atoms with van der Waals surface area (Å²) in [5.41, 5.74) is 0.0705. The van der Waals surface area contributed by atoms with Gasteiger partial charge in [0, 0.05) is 22.0 Å². The molecule has 0 saturated carbocycles. The number of hydrogen-bond acceptors (Lipinski definition) is 4. The third kappa shape index (κ3) is 2.25. The van der Waals surface area contributed by atoms with Crippen LogP contribution >= 0.6 is 11.3 Å². The summed E-state index contributed by atoms with van der Waals surface area (Å²) in [6.45, 7) is 2.68. The van der Waals surface area contributed by atoms with Crippen molar-refractivity contribution in [2.45, 2.75) is 13.5 Å². The van der Waals surface area contributed by atoms with E-state index in [-0.39, 0.29) is 11.1 Å². The lowest BCUT2D eigenvalue weighted by molar-refractivity contribution is 0.976. The molecule has 3 N–H and O–H groups in total. The number of hydrogen-bond donors (Lipinski definition) is 3. The highest BCUT2D eigenvalue weighted by Gasteiger charge is 2.08. The monoisotopic (exact) mass is 287 g/mol. The van der Waals surface area contributed by atoms with Gasteiger partial charge in [-0.15, -0.1) is 11.3 Å². The smallest absolute Gasteiger partial charge is 0.272 e. The van der Waals surface area contributed by atoms with Crippen LogP contribution in [0.5, 0.6) is 0 Å². The third-order valence-electron chi connectivity index (χ3n) is 3.07. The van der Waals surface area contributed by atoms with Gasteiger partial charge in [0.1, 0.15) is 0 Å². The summed E-state index contributed by atoms with van der Waals surface area (Å²) in [6, 6.07) is 9.32. The number of H-pyrrole nitrogens is 2. The Morgan fingerprint density at radius 2 is 1.90 bits per heavy atom. The lowest BCUT2D eigenvalue weighted by atomic mass is 10.1. The maximum absolute atomic E-state index is 11.9. The molecule has 0 fully saturated rings. The summed E-state index contributed by atoms with van der Waals surface area (Å²) in [6.07, 6.45) is 0. The number of fused-ring (bicyclic) bond motifs is 1. The molecule has 0 aliphatic rings. The van der Waals surface area contributed by atoms with Gasteiger partial charge in [-0.25, -0.2) is 0 Å². The largest absolute Gasteiger partial charge is 0.379 e. The van der Waals surface area contributed by atoms with Gasteiger partial charge >= 0.3 is 0 Å². The Balaban J connectivity index is 2.01. The molecule has 0 aliphatic heterocycles. The van der Waals surface area contributed by atoms with E-state index in [1.54, 1.807) is 29.5 Å². The first-order valence-corrected chi connectivity index (χ1v) is 6.99. The molecule has 0 spiro atoms. The predicted molar refractivity (Wildman–Crippen MR) is 81.6 cm³/mol. The molecule has 3 rings (SSSR count). The lowest BCUT2D eigenvalue weighted by Gasteiger charge is -2.07. The minimum atomic E-state index is -0.301. The van der Waals surface area contributed by atoms with Crippen LogP contribution in [0.2, 0.25) is 0 Å². The Bertz CT molecular complexity index is 876. The van der Waals surface area contributed by atoms with Gasteiger partial charge in [-0.2, -0.15) is 0 Å². The zero-order valence-corrected chi connectivity index (χ0v) is 11.6. The fraction of sp³-hybridized carbons (Fsp3) is 0.143. The highest BCUT2D eigenvalue weighted by atomic mass is 32.1. The lowest BCUT2D eigenvalue weighted by Crippen LogP contribution is -2.20. The molecule has 6 heteroatoms. The van der Waals surface area contributed by atoms with E-state index >= 15 is 0 Å². The standard InChI is InChI=1S/C14H13N3O2S/c1-8-5-6-9(20-8)7-15-11-4-2-3-10-12(11)14(19)17-16-13(10)18/h2-6,15H,7H2,1H3,(H,16,18)(H,17,19). The molecule has 5 nitrogen and oxygen atoms in total. The number of aromatic nitrogens is 2. The van der Waals surface area contributed by atoms with Gasteiger partial charge in [-0.3, -0.25) is 19.8 Å². The number of nitrogens with one attached hydrogen (secondary N) is 3.